The SMILES string of the molecule is COc1ccc(-c2noc(CSc3nc4ccccc4c(=O)n3-c3cc(C)ccn3)n2)c(OC)c1. The van der Waals surface area contributed by atoms with Crippen molar-refractivity contribution in [1.82, 2.24) is 24.7 Å². The summed E-state index contributed by atoms with van der Waals surface area (Å²) in [6, 6.07) is 16.3. The number of methoxy groups -OCH3 is 2. The van der Waals surface area contributed by atoms with Gasteiger partial charge < -0.3 is 14.0 Å². The van der Waals surface area contributed by atoms with Crippen LogP contribution in [-0.4, -0.2) is 38.9 Å². The van der Waals surface area contributed by atoms with Crippen LogP contribution in [0.3, 0.4) is 0 Å². The van der Waals surface area contributed by atoms with Crippen molar-refractivity contribution in [2.24, 2.45) is 0 Å². The van der Waals surface area contributed by atoms with Gasteiger partial charge in [0.1, 0.15) is 17.3 Å². The van der Waals surface area contributed by atoms with Gasteiger partial charge in [0.2, 0.25) is 11.7 Å². The van der Waals surface area contributed by atoms with Crippen LogP contribution >= 0.6 is 11.8 Å². The van der Waals surface area contributed by atoms with E-state index in [9.17, 15) is 4.79 Å². The second-order valence-electron chi connectivity index (χ2n) is 7.61. The molecule has 0 amide bonds. The van der Waals surface area contributed by atoms with E-state index in [0.29, 0.717) is 56.4 Å². The van der Waals surface area contributed by atoms with Gasteiger partial charge in [0, 0.05) is 12.3 Å². The molecule has 5 rings (SSSR count). The minimum atomic E-state index is -0.189. The lowest BCUT2D eigenvalue weighted by Crippen LogP contribution is -2.22. The van der Waals surface area contributed by atoms with Gasteiger partial charge >= 0.3 is 0 Å². The van der Waals surface area contributed by atoms with Crippen molar-refractivity contribution in [3.8, 4) is 28.7 Å². The molecule has 3 heterocycles. The molecule has 10 heteroatoms. The summed E-state index contributed by atoms with van der Waals surface area (Å²) in [5.74, 6) is 2.82. The molecule has 0 fully saturated rings. The van der Waals surface area contributed by atoms with E-state index in [4.69, 9.17) is 19.0 Å². The van der Waals surface area contributed by atoms with Gasteiger partial charge in [0.15, 0.2) is 5.16 Å². The smallest absolute Gasteiger partial charge is 0.267 e. The monoisotopic (exact) mass is 487 g/mol. The number of pyridine rings is 1. The van der Waals surface area contributed by atoms with Gasteiger partial charge in [0.25, 0.3) is 5.56 Å². The van der Waals surface area contributed by atoms with Crippen molar-refractivity contribution >= 4 is 22.7 Å². The highest BCUT2D eigenvalue weighted by molar-refractivity contribution is 7.98. The van der Waals surface area contributed by atoms with E-state index in [1.165, 1.54) is 16.3 Å². The van der Waals surface area contributed by atoms with Gasteiger partial charge in [-0.2, -0.15) is 4.98 Å². The number of hydrogen-bond acceptors (Lipinski definition) is 9. The minimum Gasteiger partial charge on any atom is -0.497 e. The van der Waals surface area contributed by atoms with Crippen molar-refractivity contribution in [3.63, 3.8) is 0 Å². The summed E-state index contributed by atoms with van der Waals surface area (Å²) < 4.78 is 17.7. The Bertz CT molecular complexity index is 1580. The first kappa shape index (κ1) is 22.6. The number of ether oxygens (including phenoxy) is 2. The maximum absolute atomic E-state index is 13.4. The summed E-state index contributed by atoms with van der Waals surface area (Å²) >= 11 is 1.32. The van der Waals surface area contributed by atoms with Crippen molar-refractivity contribution in [1.29, 1.82) is 0 Å². The third-order valence-electron chi connectivity index (χ3n) is 5.32. The predicted octanol–water partition coefficient (Wildman–Crippen LogP) is 4.45. The Morgan fingerprint density at radius 2 is 1.89 bits per heavy atom. The van der Waals surface area contributed by atoms with Crippen LogP contribution in [0, 0.1) is 6.92 Å². The van der Waals surface area contributed by atoms with Crippen LogP contribution in [0.1, 0.15) is 11.5 Å². The number of aromatic nitrogens is 5. The Morgan fingerprint density at radius 1 is 1.03 bits per heavy atom. The van der Waals surface area contributed by atoms with Crippen LogP contribution in [0.25, 0.3) is 28.1 Å². The van der Waals surface area contributed by atoms with Gasteiger partial charge in [-0.25, -0.2) is 14.5 Å². The van der Waals surface area contributed by atoms with E-state index < -0.39 is 0 Å². The Labute approximate surface area is 204 Å². The number of para-hydroxylation sites is 1. The molecule has 0 bridgehead atoms. The number of nitrogens with zero attached hydrogens (tertiary/aromatic N) is 5. The highest BCUT2D eigenvalue weighted by atomic mass is 32.2. The van der Waals surface area contributed by atoms with Crippen molar-refractivity contribution in [3.05, 3.63) is 82.6 Å². The molecule has 0 radical (unpaired) electrons. The molecule has 5 aromatic rings. The molecule has 0 aliphatic rings. The molecule has 0 aliphatic carbocycles. The molecule has 0 atom stereocenters. The van der Waals surface area contributed by atoms with Crippen molar-refractivity contribution in [2.75, 3.05) is 14.2 Å². The van der Waals surface area contributed by atoms with Gasteiger partial charge in [-0.15, -0.1) is 0 Å². The number of fused-ring (bicyclic) bond motifs is 1. The molecule has 9 nitrogen and oxygen atoms in total. The Hall–Kier alpha value is -4.18. The largest absolute Gasteiger partial charge is 0.497 e. The van der Waals surface area contributed by atoms with Crippen LogP contribution in [-0.2, 0) is 5.75 Å². The zero-order chi connectivity index (χ0) is 24.4. The number of rotatable bonds is 7. The van der Waals surface area contributed by atoms with Crippen molar-refractivity contribution in [2.45, 2.75) is 17.8 Å². The summed E-state index contributed by atoms with van der Waals surface area (Å²) in [7, 11) is 3.16. The molecule has 0 N–H and O–H groups in total. The first-order chi connectivity index (χ1) is 17.1. The topological polar surface area (TPSA) is 105 Å². The van der Waals surface area contributed by atoms with E-state index in [1.54, 1.807) is 38.6 Å². The lowest BCUT2D eigenvalue weighted by molar-refractivity contribution is 0.388. The number of benzene rings is 2. The van der Waals surface area contributed by atoms with E-state index in [2.05, 4.69) is 15.1 Å². The highest BCUT2D eigenvalue weighted by Gasteiger charge is 2.18. The molecular weight excluding hydrogens is 466 g/mol. The number of thioether (sulfide) groups is 1. The van der Waals surface area contributed by atoms with E-state index in [0.717, 1.165) is 5.56 Å². The fourth-order valence-electron chi connectivity index (χ4n) is 3.59. The Balaban J connectivity index is 1.49. The molecule has 176 valence electrons. The fraction of sp³-hybridized carbons (Fsp3) is 0.160. The van der Waals surface area contributed by atoms with E-state index >= 15 is 0 Å². The third kappa shape index (κ3) is 4.47. The van der Waals surface area contributed by atoms with E-state index in [1.807, 2.05) is 43.3 Å². The van der Waals surface area contributed by atoms with Crippen LogP contribution in [0.4, 0.5) is 0 Å². The number of aryl methyl sites for hydroxylation is 1. The summed E-state index contributed by atoms with van der Waals surface area (Å²) in [4.78, 5) is 27.0. The lowest BCUT2D eigenvalue weighted by Gasteiger charge is -2.12. The average molecular weight is 488 g/mol. The quantitative estimate of drug-likeness (QED) is 0.243. The Morgan fingerprint density at radius 3 is 2.69 bits per heavy atom. The number of hydrogen-bond donors (Lipinski definition) is 0. The average Bonchev–Trinajstić information content (AvgIpc) is 3.36. The standard InChI is InChI=1S/C25H21N5O4S/c1-15-10-11-26-21(12-15)30-24(31)17-6-4-5-7-19(17)27-25(30)35-14-22-28-23(29-34-22)18-9-8-16(32-2)13-20(18)33-3/h4-13H,14H2,1-3H3. The molecule has 0 unspecified atom stereocenters. The van der Waals surface area contributed by atoms with E-state index in [-0.39, 0.29) is 5.56 Å². The van der Waals surface area contributed by atoms with Crippen LogP contribution in [0.15, 0.2) is 75.3 Å². The zero-order valence-electron chi connectivity index (χ0n) is 19.3. The summed E-state index contributed by atoms with van der Waals surface area (Å²) in [6.45, 7) is 1.95. The second-order valence-corrected chi connectivity index (χ2v) is 8.55. The maximum Gasteiger partial charge on any atom is 0.267 e. The molecule has 35 heavy (non-hydrogen) atoms. The predicted molar refractivity (Wildman–Crippen MR) is 132 cm³/mol. The summed E-state index contributed by atoms with van der Waals surface area (Å²) in [5, 5.41) is 5.10. The van der Waals surface area contributed by atoms with Crippen LogP contribution in [0.5, 0.6) is 11.5 Å². The van der Waals surface area contributed by atoms with Gasteiger partial charge in [-0.05, 0) is 48.9 Å². The highest BCUT2D eigenvalue weighted by Crippen LogP contribution is 2.32. The minimum absolute atomic E-state index is 0.189. The second kappa shape index (κ2) is 9.59. The molecule has 0 aliphatic heterocycles. The fourth-order valence-corrected chi connectivity index (χ4v) is 4.42. The van der Waals surface area contributed by atoms with Gasteiger partial charge in [-0.3, -0.25) is 4.79 Å². The molecule has 0 spiro atoms. The molecule has 2 aromatic carbocycles. The first-order valence-corrected chi connectivity index (χ1v) is 11.7. The maximum atomic E-state index is 13.4. The first-order valence-electron chi connectivity index (χ1n) is 10.7. The molecule has 0 saturated carbocycles. The van der Waals surface area contributed by atoms with Crippen molar-refractivity contribution < 1.29 is 14.0 Å². The third-order valence-corrected chi connectivity index (χ3v) is 6.24. The van der Waals surface area contributed by atoms with Crippen LogP contribution in [0.2, 0.25) is 0 Å². The summed E-state index contributed by atoms with van der Waals surface area (Å²) in [6.07, 6.45) is 1.67. The Kier molecular flexibility index (Phi) is 6.19. The van der Waals surface area contributed by atoms with Crippen LogP contribution < -0.4 is 15.0 Å². The van der Waals surface area contributed by atoms with Gasteiger partial charge in [0.05, 0.1) is 36.4 Å². The molecule has 0 saturated heterocycles. The molecular formula is C25H21N5O4S. The zero-order valence-corrected chi connectivity index (χ0v) is 20.1. The lowest BCUT2D eigenvalue weighted by atomic mass is 10.2. The van der Waals surface area contributed by atoms with Gasteiger partial charge in [-0.1, -0.05) is 29.1 Å². The summed E-state index contributed by atoms with van der Waals surface area (Å²) in [5.41, 5.74) is 2.09. The molecule has 3 aromatic heterocycles. The normalized spacial score (nSPS) is 11.1.